The molecule has 0 aliphatic heterocycles. The molecule has 20 heavy (non-hydrogen) atoms. The number of rotatable bonds is 4. The number of carbonyl (C=O) groups excluding carboxylic acids is 1. The molecule has 0 aliphatic carbocycles. The van der Waals surface area contributed by atoms with Gasteiger partial charge in [0, 0.05) is 12.4 Å². The number of carbonyl (C=O) groups is 1. The number of aromatic nitrogens is 1. The molecule has 0 spiro atoms. The summed E-state index contributed by atoms with van der Waals surface area (Å²) in [5.41, 5.74) is -0.0203. The minimum atomic E-state index is -1.14. The van der Waals surface area contributed by atoms with Crippen molar-refractivity contribution in [3.8, 4) is 0 Å². The van der Waals surface area contributed by atoms with E-state index >= 15 is 0 Å². The van der Waals surface area contributed by atoms with Crippen molar-refractivity contribution in [2.75, 3.05) is 0 Å². The summed E-state index contributed by atoms with van der Waals surface area (Å²) in [6.45, 7) is 1.60. The zero-order valence-electron chi connectivity index (χ0n) is 10.7. The normalized spacial score (nSPS) is 13.8. The summed E-state index contributed by atoms with van der Waals surface area (Å²) in [6, 6.07) is 6.90. The molecule has 0 saturated heterocycles. The van der Waals surface area contributed by atoms with Crippen LogP contribution >= 0.6 is 11.6 Å². The van der Waals surface area contributed by atoms with Gasteiger partial charge in [0.15, 0.2) is 11.6 Å². The van der Waals surface area contributed by atoms with Crippen LogP contribution in [0.2, 0.25) is 0 Å². The van der Waals surface area contributed by atoms with E-state index in [0.717, 1.165) is 17.7 Å². The number of nitrogens with zero attached hydrogens (tertiary/aromatic N) is 1. The van der Waals surface area contributed by atoms with Crippen molar-refractivity contribution in [1.82, 2.24) is 4.98 Å². The predicted molar refractivity (Wildman–Crippen MR) is 72.5 cm³/mol. The first kappa shape index (κ1) is 14.6. The lowest BCUT2D eigenvalue weighted by Crippen LogP contribution is -2.32. The second kappa shape index (κ2) is 5.67. The van der Waals surface area contributed by atoms with Gasteiger partial charge in [-0.25, -0.2) is 8.78 Å². The van der Waals surface area contributed by atoms with Crippen LogP contribution in [0.25, 0.3) is 0 Å². The number of hydrogen-bond donors (Lipinski definition) is 0. The largest absolute Gasteiger partial charge is 0.280 e. The fourth-order valence-electron chi connectivity index (χ4n) is 2.04. The standard InChI is InChI=1S/C15H12ClF2NO/c1-15(14(16)20,8-10-3-2-6-19-9-10)11-4-5-12(17)13(18)7-11/h2-7,9H,8H2,1H3. The van der Waals surface area contributed by atoms with Gasteiger partial charge < -0.3 is 0 Å². The Morgan fingerprint density at radius 2 is 2.05 bits per heavy atom. The van der Waals surface area contributed by atoms with Crippen molar-refractivity contribution in [2.45, 2.75) is 18.8 Å². The highest BCUT2D eigenvalue weighted by molar-refractivity contribution is 6.65. The monoisotopic (exact) mass is 295 g/mol. The molecule has 0 radical (unpaired) electrons. The summed E-state index contributed by atoms with van der Waals surface area (Å²) in [5.74, 6) is -1.96. The molecule has 0 aliphatic rings. The number of hydrogen-bond acceptors (Lipinski definition) is 2. The van der Waals surface area contributed by atoms with Gasteiger partial charge in [-0.2, -0.15) is 0 Å². The van der Waals surface area contributed by atoms with E-state index in [1.807, 2.05) is 0 Å². The van der Waals surface area contributed by atoms with Crippen molar-refractivity contribution in [3.05, 3.63) is 65.5 Å². The van der Waals surface area contributed by atoms with Gasteiger partial charge in [0.05, 0.1) is 5.41 Å². The Hall–Kier alpha value is -1.81. The van der Waals surface area contributed by atoms with E-state index in [4.69, 9.17) is 11.6 Å². The molecule has 0 bridgehead atoms. The maximum Gasteiger partial charge on any atom is 0.232 e. The van der Waals surface area contributed by atoms with E-state index in [1.54, 1.807) is 31.5 Å². The molecule has 2 aromatic rings. The summed E-state index contributed by atoms with van der Waals surface area (Å²) >= 11 is 5.69. The third-order valence-corrected chi connectivity index (χ3v) is 3.69. The van der Waals surface area contributed by atoms with Crippen LogP contribution in [-0.2, 0) is 16.6 Å². The van der Waals surface area contributed by atoms with Crippen LogP contribution in [0.1, 0.15) is 18.1 Å². The first-order valence-electron chi connectivity index (χ1n) is 5.98. The summed E-state index contributed by atoms with van der Waals surface area (Å²) in [7, 11) is 0. The Morgan fingerprint density at radius 1 is 1.30 bits per heavy atom. The SMILES string of the molecule is CC(Cc1cccnc1)(C(=O)Cl)c1ccc(F)c(F)c1. The van der Waals surface area contributed by atoms with Crippen LogP contribution in [0.3, 0.4) is 0 Å². The molecule has 2 nitrogen and oxygen atoms in total. The molecule has 2 rings (SSSR count). The molecule has 0 saturated carbocycles. The third kappa shape index (κ3) is 2.85. The maximum atomic E-state index is 13.4. The molecule has 1 atom stereocenters. The van der Waals surface area contributed by atoms with E-state index < -0.39 is 22.3 Å². The maximum absolute atomic E-state index is 13.4. The van der Waals surface area contributed by atoms with Crippen LogP contribution in [0.5, 0.6) is 0 Å². The third-order valence-electron chi connectivity index (χ3n) is 3.27. The van der Waals surface area contributed by atoms with Gasteiger partial charge in [-0.15, -0.1) is 0 Å². The second-order valence-electron chi connectivity index (χ2n) is 4.77. The van der Waals surface area contributed by atoms with Crippen molar-refractivity contribution < 1.29 is 13.6 Å². The molecule has 104 valence electrons. The molecular formula is C15H12ClF2NO. The first-order valence-corrected chi connectivity index (χ1v) is 6.35. The second-order valence-corrected chi connectivity index (χ2v) is 5.12. The smallest absolute Gasteiger partial charge is 0.232 e. The fourth-order valence-corrected chi connectivity index (χ4v) is 2.21. The summed E-state index contributed by atoms with van der Waals surface area (Å²) in [5, 5.41) is -0.632. The highest BCUT2D eigenvalue weighted by Gasteiger charge is 2.34. The van der Waals surface area contributed by atoms with Crippen LogP contribution < -0.4 is 0 Å². The van der Waals surface area contributed by atoms with Gasteiger partial charge in [0.1, 0.15) is 0 Å². The van der Waals surface area contributed by atoms with Gasteiger partial charge in [-0.05, 0) is 54.3 Å². The molecule has 0 fully saturated rings. The van der Waals surface area contributed by atoms with Gasteiger partial charge in [0.25, 0.3) is 0 Å². The van der Waals surface area contributed by atoms with Crippen LogP contribution in [0, 0.1) is 11.6 Å². The topological polar surface area (TPSA) is 30.0 Å². The molecule has 5 heteroatoms. The zero-order chi connectivity index (χ0) is 14.8. The van der Waals surface area contributed by atoms with E-state index in [9.17, 15) is 13.6 Å². The number of halogens is 3. The van der Waals surface area contributed by atoms with E-state index in [0.29, 0.717) is 5.56 Å². The fraction of sp³-hybridized carbons (Fsp3) is 0.200. The summed E-state index contributed by atoms with van der Waals surface area (Å²) < 4.78 is 26.4. The lowest BCUT2D eigenvalue weighted by Gasteiger charge is -2.26. The molecule has 1 heterocycles. The average Bonchev–Trinajstić information content (AvgIpc) is 2.42. The quantitative estimate of drug-likeness (QED) is 0.806. The van der Waals surface area contributed by atoms with Crippen molar-refractivity contribution in [2.24, 2.45) is 0 Å². The highest BCUT2D eigenvalue weighted by atomic mass is 35.5. The van der Waals surface area contributed by atoms with Crippen molar-refractivity contribution >= 4 is 16.8 Å². The minimum absolute atomic E-state index is 0.258. The Morgan fingerprint density at radius 3 is 2.60 bits per heavy atom. The Bertz CT molecular complexity index is 633. The Balaban J connectivity index is 2.43. The van der Waals surface area contributed by atoms with E-state index in [1.165, 1.54) is 6.07 Å². The predicted octanol–water partition coefficient (Wildman–Crippen LogP) is 3.63. The van der Waals surface area contributed by atoms with Crippen LogP contribution in [0.15, 0.2) is 42.7 Å². The number of benzene rings is 1. The minimum Gasteiger partial charge on any atom is -0.280 e. The number of pyridine rings is 1. The summed E-state index contributed by atoms with van der Waals surface area (Å²) in [4.78, 5) is 15.8. The first-order chi connectivity index (χ1) is 9.43. The van der Waals surface area contributed by atoms with Crippen molar-refractivity contribution in [3.63, 3.8) is 0 Å². The molecule has 0 amide bonds. The summed E-state index contributed by atoms with van der Waals surface area (Å²) in [6.07, 6.45) is 3.48. The van der Waals surface area contributed by atoms with Crippen LogP contribution in [-0.4, -0.2) is 10.2 Å². The van der Waals surface area contributed by atoms with Gasteiger partial charge >= 0.3 is 0 Å². The molecule has 0 N–H and O–H groups in total. The van der Waals surface area contributed by atoms with Crippen molar-refractivity contribution in [1.29, 1.82) is 0 Å². The lowest BCUT2D eigenvalue weighted by molar-refractivity contribution is -0.116. The van der Waals surface area contributed by atoms with Gasteiger partial charge in [-0.3, -0.25) is 9.78 Å². The Kier molecular flexibility index (Phi) is 4.14. The molecule has 1 aromatic heterocycles. The van der Waals surface area contributed by atoms with E-state index in [2.05, 4.69) is 4.98 Å². The molecular weight excluding hydrogens is 284 g/mol. The highest BCUT2D eigenvalue weighted by Crippen LogP contribution is 2.31. The zero-order valence-corrected chi connectivity index (χ0v) is 11.5. The van der Waals surface area contributed by atoms with Gasteiger partial charge in [-0.1, -0.05) is 12.1 Å². The van der Waals surface area contributed by atoms with Gasteiger partial charge in [0.2, 0.25) is 5.24 Å². The average molecular weight is 296 g/mol. The Labute approximate surface area is 120 Å². The molecule has 1 aromatic carbocycles. The lowest BCUT2D eigenvalue weighted by atomic mass is 9.78. The molecule has 1 unspecified atom stereocenters. The van der Waals surface area contributed by atoms with E-state index in [-0.39, 0.29) is 6.42 Å². The van der Waals surface area contributed by atoms with Crippen LogP contribution in [0.4, 0.5) is 8.78 Å².